The molecule has 0 saturated heterocycles. The topological polar surface area (TPSA) is 89.3 Å². The van der Waals surface area contributed by atoms with Crippen LogP contribution in [0.1, 0.15) is 30.0 Å². The lowest BCUT2D eigenvalue weighted by molar-refractivity contribution is 0.0679. The van der Waals surface area contributed by atoms with E-state index < -0.39 is 19.9 Å². The Kier molecular flexibility index (Phi) is 3.59. The molecule has 1 aromatic rings. The molecule has 0 aliphatic heterocycles. The van der Waals surface area contributed by atoms with Gasteiger partial charge in [-0.2, -0.15) is 5.10 Å². The summed E-state index contributed by atoms with van der Waals surface area (Å²) < 4.78 is 23.8. The van der Waals surface area contributed by atoms with Crippen LogP contribution in [0.4, 0.5) is 0 Å². The SMILES string of the molecule is CCc1nn(CC)c(C(=O)O)c1S(=O)(=O)Cl. The number of aryl methyl sites for hydroxylation is 2. The minimum atomic E-state index is -4.10. The standard InChI is InChI=1S/C8H11ClN2O4S/c1-3-5-7(16(9,14)15)6(8(12)13)11(4-2)10-5/h3-4H2,1-2H3,(H,12,13). The molecule has 0 amide bonds. The highest BCUT2D eigenvalue weighted by molar-refractivity contribution is 8.13. The van der Waals surface area contributed by atoms with Gasteiger partial charge in [-0.05, 0) is 13.3 Å². The number of halogens is 1. The second kappa shape index (κ2) is 4.42. The molecule has 0 spiro atoms. The van der Waals surface area contributed by atoms with Crippen LogP contribution >= 0.6 is 10.7 Å². The van der Waals surface area contributed by atoms with Crippen LogP contribution in [-0.4, -0.2) is 29.3 Å². The molecule has 1 rings (SSSR count). The third kappa shape index (κ3) is 2.19. The van der Waals surface area contributed by atoms with Gasteiger partial charge in [-0.3, -0.25) is 4.68 Å². The molecular formula is C8H11ClN2O4S. The molecule has 0 aliphatic carbocycles. The molecular weight excluding hydrogens is 256 g/mol. The van der Waals surface area contributed by atoms with Gasteiger partial charge >= 0.3 is 5.97 Å². The molecule has 0 saturated carbocycles. The lowest BCUT2D eigenvalue weighted by atomic mass is 10.3. The van der Waals surface area contributed by atoms with E-state index in [1.54, 1.807) is 13.8 Å². The van der Waals surface area contributed by atoms with Gasteiger partial charge in [0.15, 0.2) is 5.69 Å². The first-order valence-electron chi connectivity index (χ1n) is 4.60. The number of hydrogen-bond donors (Lipinski definition) is 1. The van der Waals surface area contributed by atoms with Crippen molar-refractivity contribution in [3.63, 3.8) is 0 Å². The van der Waals surface area contributed by atoms with Gasteiger partial charge in [0, 0.05) is 17.2 Å². The molecule has 0 fully saturated rings. The van der Waals surface area contributed by atoms with Crippen molar-refractivity contribution in [3.8, 4) is 0 Å². The maximum atomic E-state index is 11.3. The van der Waals surface area contributed by atoms with Crippen LogP contribution in [0.25, 0.3) is 0 Å². The summed E-state index contributed by atoms with van der Waals surface area (Å²) in [7, 11) is 1.12. The highest BCUT2D eigenvalue weighted by Crippen LogP contribution is 2.24. The van der Waals surface area contributed by atoms with E-state index in [1.807, 2.05) is 0 Å². The van der Waals surface area contributed by atoms with Crippen LogP contribution in [-0.2, 0) is 22.0 Å². The average Bonchev–Trinajstić information content (AvgIpc) is 2.55. The highest BCUT2D eigenvalue weighted by Gasteiger charge is 2.29. The first-order chi connectivity index (χ1) is 7.32. The molecule has 16 heavy (non-hydrogen) atoms. The van der Waals surface area contributed by atoms with Crippen LogP contribution < -0.4 is 0 Å². The first-order valence-corrected chi connectivity index (χ1v) is 6.91. The maximum absolute atomic E-state index is 11.3. The molecule has 0 atom stereocenters. The largest absolute Gasteiger partial charge is 0.476 e. The number of carboxylic acid groups (broad SMARTS) is 1. The van der Waals surface area contributed by atoms with Crippen LogP contribution in [0, 0.1) is 0 Å². The van der Waals surface area contributed by atoms with Gasteiger partial charge in [-0.25, -0.2) is 13.2 Å². The van der Waals surface area contributed by atoms with Crippen molar-refractivity contribution in [1.29, 1.82) is 0 Å². The zero-order valence-corrected chi connectivity index (χ0v) is 10.3. The fourth-order valence-electron chi connectivity index (χ4n) is 1.42. The summed E-state index contributed by atoms with van der Waals surface area (Å²) in [5, 5.41) is 12.9. The predicted molar refractivity (Wildman–Crippen MR) is 57.3 cm³/mol. The fourth-order valence-corrected chi connectivity index (χ4v) is 2.80. The average molecular weight is 267 g/mol. The van der Waals surface area contributed by atoms with E-state index >= 15 is 0 Å². The Labute approximate surface area is 97.3 Å². The smallest absolute Gasteiger partial charge is 0.355 e. The van der Waals surface area contributed by atoms with Crippen molar-refractivity contribution < 1.29 is 18.3 Å². The molecule has 1 aromatic heterocycles. The monoisotopic (exact) mass is 266 g/mol. The molecule has 8 heteroatoms. The Morgan fingerprint density at radius 3 is 2.38 bits per heavy atom. The molecule has 0 aromatic carbocycles. The molecule has 0 radical (unpaired) electrons. The summed E-state index contributed by atoms with van der Waals surface area (Å²) in [6.45, 7) is 3.62. The van der Waals surface area contributed by atoms with Crippen LogP contribution in [0.15, 0.2) is 4.90 Å². The number of nitrogens with zero attached hydrogens (tertiary/aromatic N) is 2. The summed E-state index contributed by atoms with van der Waals surface area (Å²) in [4.78, 5) is 10.6. The minimum Gasteiger partial charge on any atom is -0.476 e. The quantitative estimate of drug-likeness (QED) is 0.824. The first kappa shape index (κ1) is 13.0. The molecule has 0 aliphatic rings. The molecule has 1 N–H and O–H groups in total. The number of rotatable bonds is 4. The normalized spacial score (nSPS) is 11.7. The third-order valence-electron chi connectivity index (χ3n) is 2.06. The van der Waals surface area contributed by atoms with Crippen LogP contribution in [0.5, 0.6) is 0 Å². The number of aromatic nitrogens is 2. The van der Waals surface area contributed by atoms with Gasteiger partial charge in [0.1, 0.15) is 4.90 Å². The zero-order valence-electron chi connectivity index (χ0n) is 8.77. The Morgan fingerprint density at radius 2 is 2.06 bits per heavy atom. The summed E-state index contributed by atoms with van der Waals surface area (Å²) in [6, 6.07) is 0. The van der Waals surface area contributed by atoms with Crippen molar-refractivity contribution in [3.05, 3.63) is 11.4 Å². The third-order valence-corrected chi connectivity index (χ3v) is 3.44. The van der Waals surface area contributed by atoms with Crippen LogP contribution in [0.3, 0.4) is 0 Å². The lowest BCUT2D eigenvalue weighted by Gasteiger charge is -2.00. The molecule has 1 heterocycles. The van der Waals surface area contributed by atoms with Gasteiger partial charge in [0.05, 0.1) is 5.69 Å². The van der Waals surface area contributed by atoms with E-state index in [9.17, 15) is 13.2 Å². The van der Waals surface area contributed by atoms with Gasteiger partial charge < -0.3 is 5.11 Å². The predicted octanol–water partition coefficient (Wildman–Crippen LogP) is 1.09. The number of carbonyl (C=O) groups is 1. The lowest BCUT2D eigenvalue weighted by Crippen LogP contribution is -2.11. The second-order valence-corrected chi connectivity index (χ2v) is 5.54. The van der Waals surface area contributed by atoms with Gasteiger partial charge in [0.25, 0.3) is 9.05 Å². The number of carboxylic acids is 1. The maximum Gasteiger partial charge on any atom is 0.355 e. The Hall–Kier alpha value is -1.08. The molecule has 6 nitrogen and oxygen atoms in total. The summed E-state index contributed by atoms with van der Waals surface area (Å²) in [5.41, 5.74) is -0.205. The summed E-state index contributed by atoms with van der Waals surface area (Å²) >= 11 is 0. The van der Waals surface area contributed by atoms with E-state index in [-0.39, 0.29) is 17.9 Å². The van der Waals surface area contributed by atoms with Crippen molar-refractivity contribution in [2.75, 3.05) is 0 Å². The van der Waals surface area contributed by atoms with Crippen molar-refractivity contribution in [2.24, 2.45) is 0 Å². The Balaban J connectivity index is 3.66. The van der Waals surface area contributed by atoms with E-state index in [2.05, 4.69) is 5.10 Å². The van der Waals surface area contributed by atoms with E-state index in [0.29, 0.717) is 6.42 Å². The van der Waals surface area contributed by atoms with Gasteiger partial charge in [-0.15, -0.1) is 0 Å². The minimum absolute atomic E-state index is 0.175. The second-order valence-electron chi connectivity index (χ2n) is 3.04. The summed E-state index contributed by atoms with van der Waals surface area (Å²) in [5.74, 6) is -1.35. The molecule has 90 valence electrons. The van der Waals surface area contributed by atoms with E-state index in [4.69, 9.17) is 15.8 Å². The zero-order chi connectivity index (χ0) is 12.5. The van der Waals surface area contributed by atoms with E-state index in [0.717, 1.165) is 4.68 Å². The highest BCUT2D eigenvalue weighted by atomic mass is 35.7. The fraction of sp³-hybridized carbons (Fsp3) is 0.500. The van der Waals surface area contributed by atoms with Crippen molar-refractivity contribution >= 4 is 25.7 Å². The van der Waals surface area contributed by atoms with Gasteiger partial charge in [-0.1, -0.05) is 6.92 Å². The number of aromatic carboxylic acids is 1. The Bertz CT molecular complexity index is 520. The van der Waals surface area contributed by atoms with Crippen molar-refractivity contribution in [2.45, 2.75) is 31.7 Å². The van der Waals surface area contributed by atoms with E-state index in [1.165, 1.54) is 0 Å². The molecule has 0 bridgehead atoms. The summed E-state index contributed by atoms with van der Waals surface area (Å²) in [6.07, 6.45) is 0.300. The number of hydrogen-bond acceptors (Lipinski definition) is 4. The Morgan fingerprint density at radius 1 is 1.50 bits per heavy atom. The van der Waals surface area contributed by atoms with Crippen molar-refractivity contribution in [1.82, 2.24) is 9.78 Å². The van der Waals surface area contributed by atoms with Gasteiger partial charge in [0.2, 0.25) is 0 Å². The van der Waals surface area contributed by atoms with Crippen LogP contribution in [0.2, 0.25) is 0 Å². The molecule has 0 unspecified atom stereocenters.